The molecule has 2 aromatic rings. The van der Waals surface area contributed by atoms with E-state index in [2.05, 4.69) is 10.8 Å². The van der Waals surface area contributed by atoms with Crippen molar-refractivity contribution in [3.05, 3.63) is 62.6 Å². The van der Waals surface area contributed by atoms with Crippen molar-refractivity contribution in [2.75, 3.05) is 5.32 Å². The van der Waals surface area contributed by atoms with Crippen molar-refractivity contribution in [3.63, 3.8) is 0 Å². The van der Waals surface area contributed by atoms with Crippen LogP contribution in [0.5, 0.6) is 0 Å². The molecule has 0 aromatic heterocycles. The number of anilines is 1. The summed E-state index contributed by atoms with van der Waals surface area (Å²) < 4.78 is 47.7. The molecule has 0 bridgehead atoms. The maximum absolute atomic E-state index is 14.2. The van der Waals surface area contributed by atoms with E-state index < -0.39 is 35.9 Å². The molecule has 1 aliphatic heterocycles. The maximum Gasteiger partial charge on any atom is 0.423 e. The fourth-order valence-electron chi connectivity index (χ4n) is 3.30. The fraction of sp³-hybridized carbons (Fsp3) is 0.381. The Hall–Kier alpha value is -1.71. The van der Waals surface area contributed by atoms with E-state index in [1.807, 2.05) is 0 Å². The van der Waals surface area contributed by atoms with E-state index in [9.17, 15) is 18.0 Å². The average molecular weight is 512 g/mol. The van der Waals surface area contributed by atoms with Gasteiger partial charge in [-0.1, -0.05) is 40.9 Å². The van der Waals surface area contributed by atoms with Crippen LogP contribution in [-0.2, 0) is 15.2 Å². The number of hydrogen-bond donors (Lipinski definition) is 2. The van der Waals surface area contributed by atoms with Gasteiger partial charge < -0.3 is 4.74 Å². The molecule has 1 heterocycles. The zero-order chi connectivity index (χ0) is 23.9. The van der Waals surface area contributed by atoms with Crippen LogP contribution in [0.4, 0.5) is 23.7 Å². The number of hydroxylamine groups is 1. The summed E-state index contributed by atoms with van der Waals surface area (Å²) in [5.74, 6) is 0. The third-order valence-corrected chi connectivity index (χ3v) is 5.45. The van der Waals surface area contributed by atoms with Gasteiger partial charge in [-0.05, 0) is 62.2 Å². The molecule has 1 saturated heterocycles. The van der Waals surface area contributed by atoms with Crippen LogP contribution in [0.25, 0.3) is 0 Å². The molecule has 174 valence electrons. The van der Waals surface area contributed by atoms with Gasteiger partial charge in [-0.2, -0.15) is 18.7 Å². The molecular formula is C21H20Cl3F3N2O3. The SMILES string of the molecule is CC(C)(C)OC(=O)Nc1cc(C2CC(c3cc(Cl)cc(Cl)c3)(C(F)(F)F)ON2)ccc1Cl. The number of carbonyl (C=O) groups is 1. The highest BCUT2D eigenvalue weighted by atomic mass is 35.5. The van der Waals surface area contributed by atoms with E-state index in [4.69, 9.17) is 44.4 Å². The molecule has 2 N–H and O–H groups in total. The largest absolute Gasteiger partial charge is 0.444 e. The summed E-state index contributed by atoms with van der Waals surface area (Å²) in [4.78, 5) is 17.2. The van der Waals surface area contributed by atoms with E-state index in [-0.39, 0.29) is 26.3 Å². The Kier molecular flexibility index (Phi) is 6.94. The Labute approximate surface area is 198 Å². The summed E-state index contributed by atoms with van der Waals surface area (Å²) in [6, 6.07) is 7.28. The molecule has 2 aromatic carbocycles. The lowest BCUT2D eigenvalue weighted by atomic mass is 9.86. The standard InChI is InChI=1S/C21H20Cl3F3N2O3/c1-19(2,3)31-18(30)28-16-6-11(4-5-15(16)24)17-10-20(32-29-17,21(25,26)27)12-7-13(22)9-14(23)8-12/h4-9,17,29H,10H2,1-3H3,(H,28,30). The topological polar surface area (TPSA) is 59.6 Å². The van der Waals surface area contributed by atoms with Crippen LogP contribution in [0.15, 0.2) is 36.4 Å². The summed E-state index contributed by atoms with van der Waals surface area (Å²) in [5.41, 5.74) is -0.577. The lowest BCUT2D eigenvalue weighted by Crippen LogP contribution is -2.42. The van der Waals surface area contributed by atoms with Crippen LogP contribution in [0.2, 0.25) is 15.1 Å². The predicted molar refractivity (Wildman–Crippen MR) is 117 cm³/mol. The first kappa shape index (κ1) is 24.9. The second-order valence-electron chi connectivity index (χ2n) is 8.33. The lowest BCUT2D eigenvalue weighted by Gasteiger charge is -2.30. The van der Waals surface area contributed by atoms with Gasteiger partial charge in [-0.25, -0.2) is 4.79 Å². The van der Waals surface area contributed by atoms with Crippen molar-refractivity contribution in [2.45, 2.75) is 50.6 Å². The maximum atomic E-state index is 14.2. The van der Waals surface area contributed by atoms with Crippen molar-refractivity contribution in [3.8, 4) is 0 Å². The van der Waals surface area contributed by atoms with Gasteiger partial charge in [0.05, 0.1) is 16.8 Å². The second kappa shape index (κ2) is 8.91. The Morgan fingerprint density at radius 3 is 2.31 bits per heavy atom. The molecule has 0 saturated carbocycles. The van der Waals surface area contributed by atoms with Crippen LogP contribution < -0.4 is 10.8 Å². The van der Waals surface area contributed by atoms with E-state index in [0.29, 0.717) is 5.56 Å². The third-order valence-electron chi connectivity index (χ3n) is 4.68. The fourth-order valence-corrected chi connectivity index (χ4v) is 3.99. The minimum Gasteiger partial charge on any atom is -0.444 e. The molecule has 0 aliphatic carbocycles. The average Bonchev–Trinajstić information content (AvgIpc) is 3.08. The van der Waals surface area contributed by atoms with Crippen molar-refractivity contribution in [1.29, 1.82) is 0 Å². The highest BCUT2D eigenvalue weighted by Gasteiger charge is 2.62. The zero-order valence-corrected chi connectivity index (χ0v) is 19.5. The molecule has 0 radical (unpaired) electrons. The van der Waals surface area contributed by atoms with Crippen LogP contribution in [0, 0.1) is 0 Å². The van der Waals surface area contributed by atoms with Crippen LogP contribution in [-0.4, -0.2) is 17.9 Å². The minimum atomic E-state index is -4.77. The number of benzene rings is 2. The van der Waals surface area contributed by atoms with Gasteiger partial charge in [-0.3, -0.25) is 10.2 Å². The number of carbonyl (C=O) groups excluding carboxylic acids is 1. The molecule has 1 amide bonds. The second-order valence-corrected chi connectivity index (χ2v) is 9.61. The molecule has 1 aliphatic rings. The Morgan fingerprint density at radius 1 is 1.12 bits per heavy atom. The monoisotopic (exact) mass is 510 g/mol. The lowest BCUT2D eigenvalue weighted by molar-refractivity contribution is -0.282. The summed E-state index contributed by atoms with van der Waals surface area (Å²) in [6.07, 6.45) is -6.02. The van der Waals surface area contributed by atoms with Crippen molar-refractivity contribution in [1.82, 2.24) is 5.48 Å². The van der Waals surface area contributed by atoms with Crippen molar-refractivity contribution < 1.29 is 27.5 Å². The van der Waals surface area contributed by atoms with Gasteiger partial charge in [0.1, 0.15) is 5.60 Å². The molecular weight excluding hydrogens is 492 g/mol. The number of alkyl halides is 3. The number of amides is 1. The first-order valence-corrected chi connectivity index (χ1v) is 10.6. The normalized spacial score (nSPS) is 21.5. The van der Waals surface area contributed by atoms with E-state index in [1.165, 1.54) is 30.3 Å². The molecule has 2 atom stereocenters. The molecule has 2 unspecified atom stereocenters. The molecule has 32 heavy (non-hydrogen) atoms. The van der Waals surface area contributed by atoms with E-state index in [1.54, 1.807) is 26.8 Å². The van der Waals surface area contributed by atoms with Gasteiger partial charge in [-0.15, -0.1) is 0 Å². The molecule has 11 heteroatoms. The van der Waals surface area contributed by atoms with Gasteiger partial charge in [0.2, 0.25) is 5.60 Å². The van der Waals surface area contributed by atoms with Crippen molar-refractivity contribution >= 4 is 46.6 Å². The van der Waals surface area contributed by atoms with Gasteiger partial charge in [0, 0.05) is 16.5 Å². The Balaban J connectivity index is 1.91. The predicted octanol–water partition coefficient (Wildman–Crippen LogP) is 7.42. The van der Waals surface area contributed by atoms with Crippen LogP contribution in [0.1, 0.15) is 44.4 Å². The Morgan fingerprint density at radius 2 is 1.75 bits per heavy atom. The van der Waals surface area contributed by atoms with Gasteiger partial charge >= 0.3 is 12.3 Å². The quantitative estimate of drug-likeness (QED) is 0.450. The number of rotatable bonds is 3. The summed E-state index contributed by atoms with van der Waals surface area (Å²) in [7, 11) is 0. The summed E-state index contributed by atoms with van der Waals surface area (Å²) in [6.45, 7) is 5.09. The van der Waals surface area contributed by atoms with Crippen LogP contribution in [0.3, 0.4) is 0 Å². The highest BCUT2D eigenvalue weighted by Crippen LogP contribution is 2.52. The van der Waals surface area contributed by atoms with Gasteiger partial charge in [0.15, 0.2) is 0 Å². The van der Waals surface area contributed by atoms with E-state index >= 15 is 0 Å². The van der Waals surface area contributed by atoms with E-state index in [0.717, 1.165) is 0 Å². The first-order valence-electron chi connectivity index (χ1n) is 9.46. The van der Waals surface area contributed by atoms with Crippen molar-refractivity contribution in [2.24, 2.45) is 0 Å². The molecule has 0 spiro atoms. The van der Waals surface area contributed by atoms with Gasteiger partial charge in [0.25, 0.3) is 0 Å². The third kappa shape index (κ3) is 5.43. The highest BCUT2D eigenvalue weighted by molar-refractivity contribution is 6.34. The number of hydrogen-bond acceptors (Lipinski definition) is 4. The smallest absolute Gasteiger partial charge is 0.423 e. The Bertz CT molecular complexity index is 1010. The number of ether oxygens (including phenoxy) is 1. The molecule has 3 rings (SSSR count). The summed E-state index contributed by atoms with van der Waals surface area (Å²) in [5, 5.41) is 2.81. The minimum absolute atomic E-state index is 0.0542. The first-order chi connectivity index (χ1) is 14.7. The zero-order valence-electron chi connectivity index (χ0n) is 17.2. The number of halogens is 6. The van der Waals surface area contributed by atoms with Crippen LogP contribution >= 0.6 is 34.8 Å². The molecule has 1 fully saturated rings. The summed E-state index contributed by atoms with van der Waals surface area (Å²) >= 11 is 18.0. The number of nitrogens with one attached hydrogen (secondary N) is 2. The molecule has 5 nitrogen and oxygen atoms in total.